The Hall–Kier alpha value is -1.78. The van der Waals surface area contributed by atoms with E-state index in [1.807, 2.05) is 0 Å². The Morgan fingerprint density at radius 3 is 2.30 bits per heavy atom. The first kappa shape index (κ1) is 16.3. The van der Waals surface area contributed by atoms with Crippen molar-refractivity contribution in [2.45, 2.75) is 45.6 Å². The van der Waals surface area contributed by atoms with Crippen LogP contribution in [0.5, 0.6) is 0 Å². The molecular weight excluding hydrogens is 266 g/mol. The van der Waals surface area contributed by atoms with Crippen LogP contribution in [-0.2, 0) is 20.7 Å². The minimum Gasteiger partial charge on any atom is -0.460 e. The monoisotopic (exact) mass is 284 g/mol. The molecule has 0 radical (unpaired) electrons. The number of esters is 1. The molecule has 0 heterocycles. The molecule has 0 aromatic heterocycles. The first-order valence-corrected chi connectivity index (χ1v) is 6.35. The van der Waals surface area contributed by atoms with Gasteiger partial charge in [0.2, 0.25) is 0 Å². The smallest absolute Gasteiger partial charge is 0.306 e. The average molecular weight is 284 g/mol. The number of carbonyl (C=O) groups is 2. The van der Waals surface area contributed by atoms with Gasteiger partial charge in [-0.3, -0.25) is 9.59 Å². The van der Waals surface area contributed by atoms with Gasteiger partial charge in [-0.1, -0.05) is 6.07 Å². The van der Waals surface area contributed by atoms with E-state index in [0.29, 0.717) is 5.56 Å². The molecule has 0 unspecified atom stereocenters. The third-order valence-corrected chi connectivity index (χ3v) is 2.41. The van der Waals surface area contributed by atoms with Gasteiger partial charge in [0.15, 0.2) is 11.6 Å². The molecule has 0 fully saturated rings. The molecular formula is C15H18F2O3. The molecule has 0 amide bonds. The normalized spacial score (nSPS) is 11.2. The van der Waals surface area contributed by atoms with Crippen molar-refractivity contribution in [3.63, 3.8) is 0 Å². The predicted molar refractivity (Wildman–Crippen MR) is 70.1 cm³/mol. The molecule has 1 aromatic carbocycles. The second kappa shape index (κ2) is 6.59. The van der Waals surface area contributed by atoms with Gasteiger partial charge >= 0.3 is 5.97 Å². The van der Waals surface area contributed by atoms with E-state index in [4.69, 9.17) is 4.74 Å². The standard InChI is InChI=1S/C15H18F2O3/c1-15(2,3)20-14(19)7-5-11(18)8-10-4-6-12(16)13(17)9-10/h4,6,9H,5,7-8H2,1-3H3. The lowest BCUT2D eigenvalue weighted by atomic mass is 10.1. The fourth-order valence-corrected chi connectivity index (χ4v) is 1.60. The van der Waals surface area contributed by atoms with Crippen LogP contribution in [0.15, 0.2) is 18.2 Å². The number of rotatable bonds is 5. The van der Waals surface area contributed by atoms with Crippen molar-refractivity contribution in [3.05, 3.63) is 35.4 Å². The van der Waals surface area contributed by atoms with Gasteiger partial charge in [0.1, 0.15) is 11.4 Å². The Kier molecular flexibility index (Phi) is 5.36. The summed E-state index contributed by atoms with van der Waals surface area (Å²) in [6.45, 7) is 5.23. The Bertz CT molecular complexity index is 504. The van der Waals surface area contributed by atoms with Crippen molar-refractivity contribution in [1.82, 2.24) is 0 Å². The summed E-state index contributed by atoms with van der Waals surface area (Å²) in [5.41, 5.74) is -0.196. The van der Waals surface area contributed by atoms with Gasteiger partial charge in [-0.25, -0.2) is 8.78 Å². The van der Waals surface area contributed by atoms with E-state index in [9.17, 15) is 18.4 Å². The first-order valence-electron chi connectivity index (χ1n) is 6.35. The molecule has 1 rings (SSSR count). The lowest BCUT2D eigenvalue weighted by molar-refractivity contribution is -0.155. The van der Waals surface area contributed by atoms with E-state index in [2.05, 4.69) is 0 Å². The van der Waals surface area contributed by atoms with Crippen LogP contribution < -0.4 is 0 Å². The van der Waals surface area contributed by atoms with Gasteiger partial charge in [-0.05, 0) is 38.5 Å². The number of ether oxygens (including phenoxy) is 1. The number of ketones is 1. The number of carbonyl (C=O) groups excluding carboxylic acids is 2. The zero-order valence-electron chi connectivity index (χ0n) is 11.8. The highest BCUT2D eigenvalue weighted by Gasteiger charge is 2.17. The minimum absolute atomic E-state index is 0.0141. The van der Waals surface area contributed by atoms with E-state index in [1.54, 1.807) is 20.8 Å². The molecule has 0 aliphatic carbocycles. The summed E-state index contributed by atoms with van der Waals surface area (Å²) in [7, 11) is 0. The van der Waals surface area contributed by atoms with Crippen molar-refractivity contribution in [2.75, 3.05) is 0 Å². The number of Topliss-reactive ketones (excluding diaryl/α,β-unsaturated/α-hetero) is 1. The molecule has 0 aliphatic heterocycles. The Morgan fingerprint density at radius 2 is 1.75 bits per heavy atom. The number of hydrogen-bond donors (Lipinski definition) is 0. The maximum absolute atomic E-state index is 13.0. The third-order valence-electron chi connectivity index (χ3n) is 2.41. The fourth-order valence-electron chi connectivity index (χ4n) is 1.60. The summed E-state index contributed by atoms with van der Waals surface area (Å²) in [6, 6.07) is 3.32. The van der Waals surface area contributed by atoms with Gasteiger partial charge in [-0.15, -0.1) is 0 Å². The molecule has 3 nitrogen and oxygen atoms in total. The van der Waals surface area contributed by atoms with Crippen molar-refractivity contribution < 1.29 is 23.1 Å². The van der Waals surface area contributed by atoms with Gasteiger partial charge in [-0.2, -0.15) is 0 Å². The fraction of sp³-hybridized carbons (Fsp3) is 0.467. The average Bonchev–Trinajstić information content (AvgIpc) is 2.29. The second-order valence-corrected chi connectivity index (χ2v) is 5.55. The largest absolute Gasteiger partial charge is 0.460 e. The summed E-state index contributed by atoms with van der Waals surface area (Å²) < 4.78 is 30.8. The van der Waals surface area contributed by atoms with Gasteiger partial charge in [0, 0.05) is 12.8 Å². The molecule has 20 heavy (non-hydrogen) atoms. The van der Waals surface area contributed by atoms with E-state index >= 15 is 0 Å². The van der Waals surface area contributed by atoms with Gasteiger partial charge in [0.05, 0.1) is 6.42 Å². The highest BCUT2D eigenvalue weighted by molar-refractivity contribution is 5.84. The third kappa shape index (κ3) is 5.91. The highest BCUT2D eigenvalue weighted by atomic mass is 19.2. The van der Waals surface area contributed by atoms with Crippen molar-refractivity contribution in [3.8, 4) is 0 Å². The molecule has 110 valence electrons. The molecule has 0 bridgehead atoms. The lowest BCUT2D eigenvalue weighted by Crippen LogP contribution is -2.24. The summed E-state index contributed by atoms with van der Waals surface area (Å²) in [5.74, 6) is -2.60. The molecule has 0 N–H and O–H groups in total. The zero-order chi connectivity index (χ0) is 15.3. The maximum Gasteiger partial charge on any atom is 0.306 e. The molecule has 0 atom stereocenters. The Labute approximate surface area is 116 Å². The molecule has 1 aromatic rings. The number of hydrogen-bond acceptors (Lipinski definition) is 3. The summed E-state index contributed by atoms with van der Waals surface area (Å²) >= 11 is 0. The van der Waals surface area contributed by atoms with Crippen molar-refractivity contribution >= 4 is 11.8 Å². The van der Waals surface area contributed by atoms with Crippen molar-refractivity contribution in [1.29, 1.82) is 0 Å². The van der Waals surface area contributed by atoms with E-state index in [0.717, 1.165) is 12.1 Å². The maximum atomic E-state index is 13.0. The topological polar surface area (TPSA) is 43.4 Å². The molecule has 0 spiro atoms. The van der Waals surface area contributed by atoms with Crippen molar-refractivity contribution in [2.24, 2.45) is 0 Å². The minimum atomic E-state index is -0.984. The molecule has 0 saturated heterocycles. The first-order chi connectivity index (χ1) is 9.17. The van der Waals surface area contributed by atoms with Crippen LogP contribution in [0.25, 0.3) is 0 Å². The molecule has 0 aliphatic rings. The summed E-state index contributed by atoms with van der Waals surface area (Å²) in [4.78, 5) is 23.1. The van der Waals surface area contributed by atoms with Crippen LogP contribution in [0.1, 0.15) is 39.2 Å². The second-order valence-electron chi connectivity index (χ2n) is 5.55. The van der Waals surface area contributed by atoms with E-state index in [1.165, 1.54) is 6.07 Å². The molecule has 5 heteroatoms. The van der Waals surface area contributed by atoms with E-state index < -0.39 is 23.2 Å². The summed E-state index contributed by atoms with van der Waals surface area (Å²) in [6.07, 6.45) is -0.0202. The number of benzene rings is 1. The quantitative estimate of drug-likeness (QED) is 0.780. The van der Waals surface area contributed by atoms with Crippen LogP contribution >= 0.6 is 0 Å². The zero-order valence-corrected chi connectivity index (χ0v) is 11.8. The van der Waals surface area contributed by atoms with Crippen LogP contribution in [0.2, 0.25) is 0 Å². The van der Waals surface area contributed by atoms with Crippen LogP contribution in [-0.4, -0.2) is 17.4 Å². The van der Waals surface area contributed by atoms with Crippen LogP contribution in [0.3, 0.4) is 0 Å². The van der Waals surface area contributed by atoms with Crippen LogP contribution in [0.4, 0.5) is 8.78 Å². The Balaban J connectivity index is 2.44. The summed E-state index contributed by atoms with van der Waals surface area (Å²) in [5, 5.41) is 0. The van der Waals surface area contributed by atoms with E-state index in [-0.39, 0.29) is 25.0 Å². The van der Waals surface area contributed by atoms with Crippen LogP contribution in [0, 0.1) is 11.6 Å². The lowest BCUT2D eigenvalue weighted by Gasteiger charge is -2.19. The number of halogens is 2. The highest BCUT2D eigenvalue weighted by Crippen LogP contribution is 2.12. The predicted octanol–water partition coefficient (Wildman–Crippen LogP) is 3.20. The van der Waals surface area contributed by atoms with Gasteiger partial charge in [0.25, 0.3) is 0 Å². The SMILES string of the molecule is CC(C)(C)OC(=O)CCC(=O)Cc1ccc(F)c(F)c1. The molecule has 0 saturated carbocycles. The Morgan fingerprint density at radius 1 is 1.10 bits per heavy atom. The van der Waals surface area contributed by atoms with Gasteiger partial charge < -0.3 is 4.74 Å².